The van der Waals surface area contributed by atoms with Crippen molar-refractivity contribution >= 4 is 52.2 Å². The van der Waals surface area contributed by atoms with Gasteiger partial charge in [-0.2, -0.15) is 0 Å². The Hall–Kier alpha value is -3.44. The minimum Gasteiger partial charge on any atom is -0.325 e. The van der Waals surface area contributed by atoms with Gasteiger partial charge in [-0.25, -0.2) is 0 Å². The van der Waals surface area contributed by atoms with Gasteiger partial charge in [-0.15, -0.1) is 10.2 Å². The molecule has 0 unspecified atom stereocenters. The zero-order valence-electron chi connectivity index (χ0n) is 18.6. The molecular weight excluding hydrogens is 480 g/mol. The molecule has 2 aromatic carbocycles. The predicted octanol–water partition coefficient (Wildman–Crippen LogP) is 4.33. The maximum Gasteiger partial charge on any atom is 0.271 e. The summed E-state index contributed by atoms with van der Waals surface area (Å²) in [4.78, 5) is 35.3. The largest absolute Gasteiger partial charge is 0.325 e. The van der Waals surface area contributed by atoms with Crippen LogP contribution in [-0.2, 0) is 29.0 Å². The maximum absolute atomic E-state index is 12.6. The van der Waals surface area contributed by atoms with Crippen LogP contribution < -0.4 is 10.6 Å². The second-order valence-corrected chi connectivity index (χ2v) is 8.49. The van der Waals surface area contributed by atoms with Crippen molar-refractivity contribution in [3.63, 3.8) is 0 Å². The highest BCUT2D eigenvalue weighted by Crippen LogP contribution is 2.27. The average Bonchev–Trinajstić information content (AvgIpc) is 3.20. The van der Waals surface area contributed by atoms with E-state index in [1.807, 2.05) is 38.1 Å². The molecular formula is C22H23ClN6O4S. The Balaban J connectivity index is 1.62. The fourth-order valence-electron chi connectivity index (χ4n) is 3.20. The van der Waals surface area contributed by atoms with Crippen molar-refractivity contribution in [1.29, 1.82) is 0 Å². The van der Waals surface area contributed by atoms with Gasteiger partial charge in [-0.1, -0.05) is 48.5 Å². The number of para-hydroxylation sites is 1. The van der Waals surface area contributed by atoms with Gasteiger partial charge in [0.25, 0.3) is 5.69 Å². The molecule has 0 atom stereocenters. The third-order valence-corrected chi connectivity index (χ3v) is 6.16. The Labute approximate surface area is 205 Å². The molecule has 34 heavy (non-hydrogen) atoms. The summed E-state index contributed by atoms with van der Waals surface area (Å²) < 4.78 is 1.77. The molecule has 0 spiro atoms. The van der Waals surface area contributed by atoms with Gasteiger partial charge < -0.3 is 15.2 Å². The molecule has 0 bridgehead atoms. The van der Waals surface area contributed by atoms with E-state index in [0.717, 1.165) is 29.4 Å². The molecule has 178 valence electrons. The Morgan fingerprint density at radius 2 is 1.82 bits per heavy atom. The molecule has 0 saturated heterocycles. The summed E-state index contributed by atoms with van der Waals surface area (Å²) in [5.74, 6) is -0.155. The van der Waals surface area contributed by atoms with E-state index in [1.165, 1.54) is 18.2 Å². The molecule has 1 heterocycles. The molecule has 2 amide bonds. The van der Waals surface area contributed by atoms with Crippen LogP contribution >= 0.6 is 23.4 Å². The quantitative estimate of drug-likeness (QED) is 0.239. The average molecular weight is 503 g/mol. The number of amides is 2. The number of thioether (sulfide) groups is 1. The minimum atomic E-state index is -0.566. The topological polar surface area (TPSA) is 132 Å². The Bertz CT molecular complexity index is 1220. The van der Waals surface area contributed by atoms with E-state index in [4.69, 9.17) is 11.6 Å². The van der Waals surface area contributed by atoms with Crippen LogP contribution in [0.1, 0.15) is 25.2 Å². The van der Waals surface area contributed by atoms with Crippen LogP contribution in [0.2, 0.25) is 5.02 Å². The predicted molar refractivity (Wildman–Crippen MR) is 131 cm³/mol. The lowest BCUT2D eigenvalue weighted by Crippen LogP contribution is -2.18. The first-order chi connectivity index (χ1) is 16.3. The molecule has 0 radical (unpaired) electrons. The summed E-state index contributed by atoms with van der Waals surface area (Å²) in [5, 5.41) is 25.3. The van der Waals surface area contributed by atoms with Gasteiger partial charge in [0.05, 0.1) is 27.8 Å². The molecule has 12 heteroatoms. The van der Waals surface area contributed by atoms with E-state index in [2.05, 4.69) is 20.8 Å². The third kappa shape index (κ3) is 6.33. The SMILES string of the molecule is CCc1ccccc1NC(=O)Cc1nnc(SCC(=O)Nc2cc([N+](=O)[O-])ccc2Cl)n1CC. The highest BCUT2D eigenvalue weighted by Gasteiger charge is 2.17. The fraction of sp³-hybridized carbons (Fsp3) is 0.273. The van der Waals surface area contributed by atoms with E-state index in [0.29, 0.717) is 17.5 Å². The van der Waals surface area contributed by atoms with Gasteiger partial charge in [0, 0.05) is 24.4 Å². The van der Waals surface area contributed by atoms with Crippen LogP contribution in [0, 0.1) is 10.1 Å². The molecule has 0 aliphatic rings. The van der Waals surface area contributed by atoms with Gasteiger partial charge in [0.2, 0.25) is 11.8 Å². The first-order valence-electron chi connectivity index (χ1n) is 10.5. The lowest BCUT2D eigenvalue weighted by molar-refractivity contribution is -0.384. The van der Waals surface area contributed by atoms with Crippen LogP contribution in [-0.4, -0.2) is 37.3 Å². The van der Waals surface area contributed by atoms with E-state index in [9.17, 15) is 19.7 Å². The number of nitrogens with zero attached hydrogens (tertiary/aromatic N) is 4. The van der Waals surface area contributed by atoms with Gasteiger partial charge >= 0.3 is 0 Å². The van der Waals surface area contributed by atoms with E-state index in [-0.39, 0.29) is 34.5 Å². The van der Waals surface area contributed by atoms with Crippen molar-refractivity contribution in [2.24, 2.45) is 0 Å². The minimum absolute atomic E-state index is 0.0206. The molecule has 3 rings (SSSR count). The number of hydrogen-bond acceptors (Lipinski definition) is 7. The number of benzene rings is 2. The van der Waals surface area contributed by atoms with Gasteiger partial charge in [-0.05, 0) is 31.0 Å². The first kappa shape index (κ1) is 25.2. The number of anilines is 2. The summed E-state index contributed by atoms with van der Waals surface area (Å²) in [5.41, 5.74) is 1.79. The van der Waals surface area contributed by atoms with Crippen LogP contribution in [0.5, 0.6) is 0 Å². The smallest absolute Gasteiger partial charge is 0.271 e. The van der Waals surface area contributed by atoms with Crippen LogP contribution in [0.15, 0.2) is 47.6 Å². The standard InChI is InChI=1S/C22H23ClN6O4S/c1-3-14-7-5-6-8-17(14)24-20(30)12-19-26-27-22(28(19)4-2)34-13-21(31)25-18-11-15(29(32)33)9-10-16(18)23/h5-11H,3-4,12-13H2,1-2H3,(H,24,30)(H,25,31). The number of carbonyl (C=O) groups is 2. The molecule has 1 aromatic heterocycles. The van der Waals surface area contributed by atoms with E-state index >= 15 is 0 Å². The zero-order chi connectivity index (χ0) is 24.7. The highest BCUT2D eigenvalue weighted by molar-refractivity contribution is 7.99. The van der Waals surface area contributed by atoms with E-state index < -0.39 is 10.8 Å². The number of aromatic nitrogens is 3. The zero-order valence-corrected chi connectivity index (χ0v) is 20.2. The van der Waals surface area contributed by atoms with Gasteiger partial charge in [-0.3, -0.25) is 19.7 Å². The second kappa shape index (κ2) is 11.6. The van der Waals surface area contributed by atoms with Crippen LogP contribution in [0.4, 0.5) is 17.1 Å². The number of halogens is 1. The Kier molecular flexibility index (Phi) is 8.61. The number of rotatable bonds is 10. The number of carbonyl (C=O) groups excluding carboxylic acids is 2. The number of nitrogens with one attached hydrogen (secondary N) is 2. The highest BCUT2D eigenvalue weighted by atomic mass is 35.5. The summed E-state index contributed by atoms with van der Waals surface area (Å²) in [7, 11) is 0. The van der Waals surface area contributed by atoms with Crippen molar-refractivity contribution in [1.82, 2.24) is 14.8 Å². The Morgan fingerprint density at radius 1 is 1.09 bits per heavy atom. The molecule has 10 nitrogen and oxygen atoms in total. The lowest BCUT2D eigenvalue weighted by Gasteiger charge is -2.10. The number of non-ortho nitro benzene ring substituents is 1. The molecule has 0 fully saturated rings. The fourth-order valence-corrected chi connectivity index (χ4v) is 4.19. The van der Waals surface area contributed by atoms with Crippen molar-refractivity contribution in [2.45, 2.75) is 38.4 Å². The number of hydrogen-bond donors (Lipinski definition) is 2. The monoisotopic (exact) mass is 502 g/mol. The normalized spacial score (nSPS) is 10.7. The van der Waals surface area contributed by atoms with Crippen molar-refractivity contribution in [3.05, 3.63) is 69.0 Å². The number of nitro groups is 1. The lowest BCUT2D eigenvalue weighted by atomic mass is 10.1. The summed E-state index contributed by atoms with van der Waals surface area (Å²) >= 11 is 7.17. The Morgan fingerprint density at radius 3 is 2.53 bits per heavy atom. The third-order valence-electron chi connectivity index (χ3n) is 4.87. The van der Waals surface area contributed by atoms with Gasteiger partial charge in [0.15, 0.2) is 5.16 Å². The number of nitro benzene ring substituents is 1. The summed E-state index contributed by atoms with van der Waals surface area (Å²) in [6.45, 7) is 4.43. The molecule has 0 saturated carbocycles. The van der Waals surface area contributed by atoms with Crippen LogP contribution in [0.25, 0.3) is 0 Å². The molecule has 0 aliphatic carbocycles. The van der Waals surface area contributed by atoms with Crippen molar-refractivity contribution in [3.8, 4) is 0 Å². The van der Waals surface area contributed by atoms with Crippen molar-refractivity contribution < 1.29 is 14.5 Å². The molecule has 3 aromatic rings. The van der Waals surface area contributed by atoms with Gasteiger partial charge in [0.1, 0.15) is 5.82 Å². The summed E-state index contributed by atoms with van der Waals surface area (Å²) in [6.07, 6.45) is 0.834. The van der Waals surface area contributed by atoms with E-state index in [1.54, 1.807) is 4.57 Å². The molecule has 0 aliphatic heterocycles. The van der Waals surface area contributed by atoms with Crippen molar-refractivity contribution in [2.75, 3.05) is 16.4 Å². The first-order valence-corrected chi connectivity index (χ1v) is 11.8. The van der Waals surface area contributed by atoms with Crippen LogP contribution in [0.3, 0.4) is 0 Å². The molecule has 2 N–H and O–H groups in total. The maximum atomic E-state index is 12.6. The second-order valence-electron chi connectivity index (χ2n) is 7.14. The number of aryl methyl sites for hydroxylation is 1. The summed E-state index contributed by atoms with van der Waals surface area (Å²) in [6, 6.07) is 11.4.